The second-order valence-corrected chi connectivity index (χ2v) is 11.9. The quantitative estimate of drug-likeness (QED) is 0.387. The summed E-state index contributed by atoms with van der Waals surface area (Å²) >= 11 is 0. The first-order valence-corrected chi connectivity index (χ1v) is 13.3. The molecule has 5 rings (SSSR count). The van der Waals surface area contributed by atoms with Crippen molar-refractivity contribution in [3.05, 3.63) is 0 Å². The van der Waals surface area contributed by atoms with Crippen molar-refractivity contribution in [2.24, 2.45) is 28.9 Å². The zero-order valence-electron chi connectivity index (χ0n) is 22.6. The molecule has 13 heteroatoms. The Balaban J connectivity index is 0.000000176. The highest BCUT2D eigenvalue weighted by Crippen LogP contribution is 2.62. The Kier molecular flexibility index (Phi) is 9.20. The minimum atomic E-state index is -4.86. The number of primary amides is 1. The van der Waals surface area contributed by atoms with Gasteiger partial charge in [0, 0.05) is 24.5 Å². The highest BCUT2D eigenvalue weighted by atomic mass is 19.4. The van der Waals surface area contributed by atoms with E-state index in [-0.39, 0.29) is 23.5 Å². The van der Waals surface area contributed by atoms with Crippen molar-refractivity contribution in [3.63, 3.8) is 0 Å². The number of halogens is 3. The number of nitriles is 1. The molecule has 4 unspecified atom stereocenters. The summed E-state index contributed by atoms with van der Waals surface area (Å²) in [5.74, 6) is -0.545. The van der Waals surface area contributed by atoms with Crippen molar-refractivity contribution < 1.29 is 37.1 Å². The number of nitrogens with two attached hydrogens (primary N) is 1. The van der Waals surface area contributed by atoms with E-state index in [0.29, 0.717) is 36.7 Å². The summed E-state index contributed by atoms with van der Waals surface area (Å²) in [6, 6.07) is 1.43. The van der Waals surface area contributed by atoms with Crippen LogP contribution in [0.25, 0.3) is 0 Å². The lowest BCUT2D eigenvalue weighted by Crippen LogP contribution is -2.35. The van der Waals surface area contributed by atoms with Crippen molar-refractivity contribution in [2.45, 2.75) is 95.7 Å². The lowest BCUT2D eigenvalue weighted by atomic mass is 9.96. The number of fused-ring (bicyclic) bond motifs is 1. The Labute approximate surface area is 226 Å². The fourth-order valence-electron chi connectivity index (χ4n) is 5.47. The van der Waals surface area contributed by atoms with E-state index in [4.69, 9.17) is 14.8 Å². The Hall–Kier alpha value is -2.88. The molecule has 3 aliphatic carbocycles. The highest BCUT2D eigenvalue weighted by Gasteiger charge is 2.62. The minimum absolute atomic E-state index is 0.0282. The van der Waals surface area contributed by atoms with Gasteiger partial charge in [-0.3, -0.25) is 19.2 Å². The smallest absolute Gasteiger partial charge is 0.375 e. The summed E-state index contributed by atoms with van der Waals surface area (Å²) in [5.41, 5.74) is 4.34. The second kappa shape index (κ2) is 11.7. The molecule has 10 nitrogen and oxygen atoms in total. The number of ether oxygens (including phenoxy) is 1. The maximum absolute atomic E-state index is 12.1. The van der Waals surface area contributed by atoms with Crippen LogP contribution < -0.4 is 16.4 Å². The fraction of sp³-hybridized carbons (Fsp3) is 0.808. The molecule has 5 aliphatic rings. The van der Waals surface area contributed by atoms with Gasteiger partial charge < -0.3 is 26.0 Å². The van der Waals surface area contributed by atoms with Crippen LogP contribution in [-0.4, -0.2) is 72.1 Å². The predicted molar refractivity (Wildman–Crippen MR) is 132 cm³/mol. The van der Waals surface area contributed by atoms with Gasteiger partial charge in [0.05, 0.1) is 24.7 Å². The summed E-state index contributed by atoms with van der Waals surface area (Å²) in [6.45, 7) is 8.63. The topological polar surface area (TPSA) is 155 Å². The second-order valence-electron chi connectivity index (χ2n) is 11.9. The third-order valence-electron chi connectivity index (χ3n) is 8.36. The molecule has 218 valence electrons. The van der Waals surface area contributed by atoms with E-state index in [1.807, 2.05) is 17.9 Å². The van der Waals surface area contributed by atoms with Crippen LogP contribution in [-0.2, 0) is 23.9 Å². The van der Waals surface area contributed by atoms with Gasteiger partial charge in [0.2, 0.25) is 18.2 Å². The van der Waals surface area contributed by atoms with Gasteiger partial charge in [0.25, 0.3) is 0 Å². The standard InChI is InChI=1S/C14H23NO2.C10H13N3O2.C2H2F3NO/c1-9(17-10-4-5-10)6-13(16)15-7-11-12(8-15)14(11,2)3;11-5-8(12-6-14)3-7-4-10(1-2-10)13-9(7)15;3-2(4,5)1(6)7/h9-12H,4-8H2,1-3H3;6-8H,1-4H2,(H,12,14)(H,13,15);(H2,6,7)/t9-,11?,12?;;/m1../s1. The Morgan fingerprint density at radius 1 is 1.28 bits per heavy atom. The van der Waals surface area contributed by atoms with Crippen molar-refractivity contribution in [3.8, 4) is 6.07 Å². The summed E-state index contributed by atoms with van der Waals surface area (Å²) < 4.78 is 37.8. The number of hydrogen-bond donors (Lipinski definition) is 3. The van der Waals surface area contributed by atoms with Crippen LogP contribution in [0.5, 0.6) is 0 Å². The predicted octanol–water partition coefficient (Wildman–Crippen LogP) is 1.78. The van der Waals surface area contributed by atoms with Gasteiger partial charge in [-0.25, -0.2) is 0 Å². The van der Waals surface area contributed by atoms with Gasteiger partial charge in [-0.1, -0.05) is 13.8 Å². The summed E-state index contributed by atoms with van der Waals surface area (Å²) in [6.07, 6.45) is 2.45. The molecule has 0 aromatic carbocycles. The van der Waals surface area contributed by atoms with Gasteiger partial charge in [-0.2, -0.15) is 18.4 Å². The molecule has 2 aliphatic heterocycles. The first kappa shape index (κ1) is 30.7. The largest absolute Gasteiger partial charge is 0.470 e. The Morgan fingerprint density at radius 3 is 2.26 bits per heavy atom. The highest BCUT2D eigenvalue weighted by molar-refractivity contribution is 5.83. The number of likely N-dealkylation sites (tertiary alicyclic amines) is 1. The molecule has 0 aromatic heterocycles. The summed E-state index contributed by atoms with van der Waals surface area (Å²) in [7, 11) is 0. The number of nitrogens with zero attached hydrogens (tertiary/aromatic N) is 2. The van der Waals surface area contributed by atoms with Crippen LogP contribution in [0.4, 0.5) is 13.2 Å². The molecule has 2 saturated heterocycles. The number of piperidine rings is 1. The van der Waals surface area contributed by atoms with E-state index >= 15 is 0 Å². The molecule has 4 N–H and O–H groups in total. The lowest BCUT2D eigenvalue weighted by Gasteiger charge is -2.23. The van der Waals surface area contributed by atoms with E-state index in [1.165, 1.54) is 12.8 Å². The third kappa shape index (κ3) is 8.30. The van der Waals surface area contributed by atoms with Crippen LogP contribution in [0, 0.1) is 34.5 Å². The number of alkyl halides is 3. The number of carbonyl (C=O) groups is 4. The lowest BCUT2D eigenvalue weighted by molar-refractivity contribution is -0.169. The van der Waals surface area contributed by atoms with Crippen LogP contribution >= 0.6 is 0 Å². The molecule has 5 fully saturated rings. The minimum Gasteiger partial charge on any atom is -0.375 e. The van der Waals surface area contributed by atoms with Gasteiger partial charge in [-0.05, 0) is 62.7 Å². The van der Waals surface area contributed by atoms with Gasteiger partial charge in [0.15, 0.2) is 0 Å². The van der Waals surface area contributed by atoms with Crippen LogP contribution in [0.3, 0.4) is 0 Å². The van der Waals surface area contributed by atoms with Crippen LogP contribution in [0.1, 0.15) is 65.7 Å². The molecule has 0 radical (unpaired) electrons. The summed E-state index contributed by atoms with van der Waals surface area (Å²) in [5, 5.41) is 14.1. The molecule has 39 heavy (non-hydrogen) atoms. The maximum Gasteiger partial charge on any atom is 0.470 e. The fourth-order valence-corrected chi connectivity index (χ4v) is 5.47. The first-order chi connectivity index (χ1) is 18.1. The maximum atomic E-state index is 12.1. The van der Waals surface area contributed by atoms with Crippen molar-refractivity contribution in [1.82, 2.24) is 15.5 Å². The molecule has 4 amide bonds. The van der Waals surface area contributed by atoms with Gasteiger partial charge in [-0.15, -0.1) is 0 Å². The average molecular weight is 558 g/mol. The first-order valence-electron chi connectivity index (χ1n) is 13.3. The molecule has 5 atom stereocenters. The number of carbonyl (C=O) groups excluding carboxylic acids is 4. The van der Waals surface area contributed by atoms with Crippen molar-refractivity contribution in [1.29, 1.82) is 5.26 Å². The van der Waals surface area contributed by atoms with Crippen molar-refractivity contribution >= 4 is 24.1 Å². The Bertz CT molecular complexity index is 975. The molecule has 3 saturated carbocycles. The van der Waals surface area contributed by atoms with E-state index in [9.17, 15) is 27.6 Å². The molecule has 1 spiro atoms. The number of nitrogens with one attached hydrogen (secondary N) is 2. The number of rotatable bonds is 8. The van der Waals surface area contributed by atoms with Gasteiger partial charge >= 0.3 is 12.1 Å². The zero-order chi connectivity index (χ0) is 29.2. The van der Waals surface area contributed by atoms with Crippen LogP contribution in [0.15, 0.2) is 0 Å². The zero-order valence-corrected chi connectivity index (χ0v) is 22.6. The molecular weight excluding hydrogens is 519 g/mol. The molecule has 0 aromatic rings. The number of amides is 4. The van der Waals surface area contributed by atoms with Gasteiger partial charge in [0.1, 0.15) is 6.04 Å². The Morgan fingerprint density at radius 2 is 1.85 bits per heavy atom. The van der Waals surface area contributed by atoms with Crippen molar-refractivity contribution in [2.75, 3.05) is 13.1 Å². The monoisotopic (exact) mass is 557 g/mol. The van der Waals surface area contributed by atoms with Crippen LogP contribution in [0.2, 0.25) is 0 Å². The van der Waals surface area contributed by atoms with E-state index < -0.39 is 18.1 Å². The molecule has 2 heterocycles. The number of hydrogen-bond acceptors (Lipinski definition) is 6. The molecule has 0 bridgehead atoms. The normalized spacial score (nSPS) is 28.3. The third-order valence-corrected chi connectivity index (χ3v) is 8.36. The summed E-state index contributed by atoms with van der Waals surface area (Å²) in [4.78, 5) is 45.0. The SMILES string of the molecule is C[C@H](CC(=O)N1CC2C(C1)C2(C)C)OC1CC1.N#CC(CC1CC2(CC2)NC1=O)NC=O.NC(=O)C(F)(F)F. The van der Waals surface area contributed by atoms with E-state index in [0.717, 1.165) is 44.2 Å². The van der Waals surface area contributed by atoms with E-state index in [2.05, 4.69) is 30.2 Å². The molecular formula is C26H38F3N5O5. The average Bonchev–Trinajstić information content (AvgIpc) is 3.78. The van der Waals surface area contributed by atoms with E-state index in [1.54, 1.807) is 0 Å².